The number of hydrogen-bond acceptors (Lipinski definition) is 6. The van der Waals surface area contributed by atoms with Crippen LogP contribution in [0.2, 0.25) is 0 Å². The summed E-state index contributed by atoms with van der Waals surface area (Å²) in [5, 5.41) is 9.58. The van der Waals surface area contributed by atoms with Crippen molar-refractivity contribution in [3.05, 3.63) is 35.9 Å². The van der Waals surface area contributed by atoms with E-state index in [2.05, 4.69) is 10.7 Å². The van der Waals surface area contributed by atoms with Gasteiger partial charge in [0.25, 0.3) is 0 Å². The third-order valence-corrected chi connectivity index (χ3v) is 4.26. The summed E-state index contributed by atoms with van der Waals surface area (Å²) in [5.74, 6) is 2.24. The Hall–Kier alpha value is -1.91. The van der Waals surface area contributed by atoms with Crippen molar-refractivity contribution in [2.75, 3.05) is 20.3 Å². The average Bonchev–Trinajstić information content (AvgIpc) is 2.68. The minimum Gasteiger partial charge on any atom is -0.469 e. The molecule has 1 heterocycles. The highest BCUT2D eigenvalue weighted by atomic mass is 16.6. The lowest BCUT2D eigenvalue weighted by Gasteiger charge is -2.36. The molecular weight excluding hydrogens is 336 g/mol. The quantitative estimate of drug-likeness (QED) is 0.532. The van der Waals surface area contributed by atoms with Gasteiger partial charge in [-0.05, 0) is 18.4 Å². The van der Waals surface area contributed by atoms with E-state index < -0.39 is 12.2 Å². The highest BCUT2D eigenvalue weighted by molar-refractivity contribution is 5.69. The first-order valence-corrected chi connectivity index (χ1v) is 8.72. The number of ether oxygens (including phenoxy) is 4. The van der Waals surface area contributed by atoms with Crippen molar-refractivity contribution in [2.45, 2.75) is 50.3 Å². The molecule has 0 saturated carbocycles. The maximum Gasteiger partial charge on any atom is 0.308 e. The second-order valence-corrected chi connectivity index (χ2v) is 6.17. The van der Waals surface area contributed by atoms with E-state index in [1.165, 1.54) is 7.11 Å². The largest absolute Gasteiger partial charge is 0.469 e. The molecule has 0 unspecified atom stereocenters. The SMILES string of the molecule is C#C[C@H](COCc1ccccc1)O[C@H]1CC[C@H](CC(=O)OC)O[C@@H]1CO. The fourth-order valence-corrected chi connectivity index (χ4v) is 2.87. The molecule has 1 aromatic carbocycles. The molecule has 2 rings (SSSR count). The standard InChI is InChI=1S/C20H26O6/c1-3-16(14-24-13-15-7-5-4-6-8-15)25-18-10-9-17(11-20(22)23-2)26-19(18)12-21/h1,4-8,16-19,21H,9-14H2,2H3/t16-,17-,18+,19-/m1/s1. The summed E-state index contributed by atoms with van der Waals surface area (Å²) in [6.45, 7) is 0.504. The van der Waals surface area contributed by atoms with Crippen LogP contribution in [0, 0.1) is 12.3 Å². The second-order valence-electron chi connectivity index (χ2n) is 6.17. The van der Waals surface area contributed by atoms with Gasteiger partial charge in [-0.25, -0.2) is 0 Å². The highest BCUT2D eigenvalue weighted by Gasteiger charge is 2.34. The van der Waals surface area contributed by atoms with Crippen LogP contribution in [0.3, 0.4) is 0 Å². The van der Waals surface area contributed by atoms with Gasteiger partial charge < -0.3 is 24.1 Å². The van der Waals surface area contributed by atoms with Crippen LogP contribution in [-0.2, 0) is 30.3 Å². The zero-order chi connectivity index (χ0) is 18.8. The topological polar surface area (TPSA) is 74.2 Å². The Labute approximate surface area is 154 Å². The summed E-state index contributed by atoms with van der Waals surface area (Å²) in [6, 6.07) is 9.80. The van der Waals surface area contributed by atoms with Crippen LogP contribution in [0.15, 0.2) is 30.3 Å². The maximum absolute atomic E-state index is 11.4. The molecule has 0 aromatic heterocycles. The lowest BCUT2D eigenvalue weighted by atomic mass is 9.99. The summed E-state index contributed by atoms with van der Waals surface area (Å²) in [6.07, 6.45) is 5.32. The third-order valence-electron chi connectivity index (χ3n) is 4.26. The van der Waals surface area contributed by atoms with Gasteiger partial charge in [0.05, 0.1) is 45.6 Å². The fraction of sp³-hybridized carbons (Fsp3) is 0.550. The molecule has 0 amide bonds. The van der Waals surface area contributed by atoms with Gasteiger partial charge in [0.1, 0.15) is 12.2 Å². The van der Waals surface area contributed by atoms with Crippen LogP contribution in [0.1, 0.15) is 24.8 Å². The van der Waals surface area contributed by atoms with Crippen LogP contribution in [-0.4, -0.2) is 55.8 Å². The zero-order valence-electron chi connectivity index (χ0n) is 15.0. The van der Waals surface area contributed by atoms with Crippen LogP contribution in [0.4, 0.5) is 0 Å². The second kappa shape index (κ2) is 10.9. The van der Waals surface area contributed by atoms with Gasteiger partial charge in [-0.3, -0.25) is 4.79 Å². The first-order valence-electron chi connectivity index (χ1n) is 8.72. The molecule has 1 aromatic rings. The molecule has 6 nitrogen and oxygen atoms in total. The lowest BCUT2D eigenvalue weighted by molar-refractivity contribution is -0.176. The van der Waals surface area contributed by atoms with E-state index in [0.29, 0.717) is 19.4 Å². The maximum atomic E-state index is 11.4. The van der Waals surface area contributed by atoms with Crippen molar-refractivity contribution in [3.63, 3.8) is 0 Å². The smallest absolute Gasteiger partial charge is 0.308 e. The van der Waals surface area contributed by atoms with Gasteiger partial charge in [-0.1, -0.05) is 36.3 Å². The van der Waals surface area contributed by atoms with Gasteiger partial charge in [0.15, 0.2) is 0 Å². The highest BCUT2D eigenvalue weighted by Crippen LogP contribution is 2.25. The Morgan fingerprint density at radius 1 is 1.38 bits per heavy atom. The molecule has 0 aliphatic carbocycles. The molecule has 1 N–H and O–H groups in total. The molecule has 1 fully saturated rings. The van der Waals surface area contributed by atoms with E-state index in [-0.39, 0.29) is 37.8 Å². The number of aliphatic hydroxyl groups is 1. The first kappa shape index (κ1) is 20.4. The van der Waals surface area contributed by atoms with Gasteiger partial charge in [-0.2, -0.15) is 0 Å². The molecule has 1 aliphatic heterocycles. The minimum atomic E-state index is -0.529. The molecule has 4 atom stereocenters. The number of carbonyl (C=O) groups is 1. The number of benzene rings is 1. The Morgan fingerprint density at radius 3 is 2.81 bits per heavy atom. The molecular formula is C20H26O6. The van der Waals surface area contributed by atoms with Crippen molar-refractivity contribution in [1.82, 2.24) is 0 Å². The minimum absolute atomic E-state index is 0.165. The average molecular weight is 362 g/mol. The number of rotatable bonds is 9. The normalized spacial score (nSPS) is 23.8. The molecule has 1 saturated heterocycles. The van der Waals surface area contributed by atoms with E-state index in [4.69, 9.17) is 20.6 Å². The predicted molar refractivity (Wildman–Crippen MR) is 95.2 cm³/mol. The summed E-state index contributed by atoms with van der Waals surface area (Å²) >= 11 is 0. The number of methoxy groups -OCH3 is 1. The Morgan fingerprint density at radius 2 is 2.15 bits per heavy atom. The molecule has 0 radical (unpaired) electrons. The lowest BCUT2D eigenvalue weighted by Crippen LogP contribution is -2.45. The van der Waals surface area contributed by atoms with Gasteiger partial charge in [0.2, 0.25) is 0 Å². The third kappa shape index (κ3) is 6.43. The van der Waals surface area contributed by atoms with Crippen molar-refractivity contribution in [3.8, 4) is 12.3 Å². The molecule has 6 heteroatoms. The van der Waals surface area contributed by atoms with Crippen LogP contribution >= 0.6 is 0 Å². The first-order chi connectivity index (χ1) is 12.7. The molecule has 1 aliphatic rings. The number of terminal acetylenes is 1. The number of esters is 1. The summed E-state index contributed by atoms with van der Waals surface area (Å²) in [5.41, 5.74) is 1.06. The van der Waals surface area contributed by atoms with E-state index in [1.807, 2.05) is 30.3 Å². The Bertz CT molecular complexity index is 582. The number of aliphatic hydroxyl groups excluding tert-OH is 1. The summed E-state index contributed by atoms with van der Waals surface area (Å²) in [7, 11) is 1.34. The predicted octanol–water partition coefficient (Wildman–Crippen LogP) is 1.69. The van der Waals surface area contributed by atoms with Crippen molar-refractivity contribution >= 4 is 5.97 Å². The molecule has 0 spiro atoms. The summed E-state index contributed by atoms with van der Waals surface area (Å²) in [4.78, 5) is 11.4. The molecule has 0 bridgehead atoms. The van der Waals surface area contributed by atoms with Crippen molar-refractivity contribution in [1.29, 1.82) is 0 Å². The van der Waals surface area contributed by atoms with E-state index in [9.17, 15) is 9.90 Å². The van der Waals surface area contributed by atoms with E-state index >= 15 is 0 Å². The van der Waals surface area contributed by atoms with Gasteiger partial charge in [-0.15, -0.1) is 6.42 Å². The molecule has 26 heavy (non-hydrogen) atoms. The van der Waals surface area contributed by atoms with E-state index in [0.717, 1.165) is 5.56 Å². The van der Waals surface area contributed by atoms with Crippen LogP contribution in [0.25, 0.3) is 0 Å². The summed E-state index contributed by atoms with van der Waals surface area (Å²) < 4.78 is 21.9. The zero-order valence-corrected chi connectivity index (χ0v) is 15.0. The Kier molecular flexibility index (Phi) is 8.59. The number of hydrogen-bond donors (Lipinski definition) is 1. The van der Waals surface area contributed by atoms with Crippen molar-refractivity contribution in [2.24, 2.45) is 0 Å². The monoisotopic (exact) mass is 362 g/mol. The molecule has 142 valence electrons. The van der Waals surface area contributed by atoms with Gasteiger partial charge >= 0.3 is 5.97 Å². The van der Waals surface area contributed by atoms with Gasteiger partial charge in [0, 0.05) is 0 Å². The Balaban J connectivity index is 1.79. The van der Waals surface area contributed by atoms with Crippen LogP contribution in [0.5, 0.6) is 0 Å². The van der Waals surface area contributed by atoms with Crippen LogP contribution < -0.4 is 0 Å². The van der Waals surface area contributed by atoms with E-state index in [1.54, 1.807) is 0 Å². The number of carbonyl (C=O) groups excluding carboxylic acids is 1. The van der Waals surface area contributed by atoms with Crippen molar-refractivity contribution < 1.29 is 28.8 Å². The fourth-order valence-electron chi connectivity index (χ4n) is 2.87.